The molecule has 0 atom stereocenters. The van der Waals surface area contributed by atoms with E-state index in [1.165, 1.54) is 5.56 Å². The molecule has 0 heterocycles. The molecular formula is C16H17NO. The number of rotatable bonds is 4. The second kappa shape index (κ2) is 5.50. The predicted molar refractivity (Wildman–Crippen MR) is 75.7 cm³/mol. The number of hydrogen-bond donors (Lipinski definition) is 0. The van der Waals surface area contributed by atoms with Crippen LogP contribution in [-0.2, 0) is 0 Å². The van der Waals surface area contributed by atoms with Crippen molar-refractivity contribution in [2.75, 3.05) is 11.4 Å². The molecule has 18 heavy (non-hydrogen) atoms. The average molecular weight is 239 g/mol. The first kappa shape index (κ1) is 12.4. The molecule has 2 heteroatoms. The average Bonchev–Trinajstić information content (AvgIpc) is 2.42. The van der Waals surface area contributed by atoms with Crippen molar-refractivity contribution in [1.29, 1.82) is 0 Å². The Labute approximate surface area is 108 Å². The zero-order valence-electron chi connectivity index (χ0n) is 10.8. The highest BCUT2D eigenvalue weighted by molar-refractivity contribution is 5.87. The smallest absolute Gasteiger partial charge is 0.152 e. The maximum absolute atomic E-state index is 11.1. The van der Waals surface area contributed by atoms with Gasteiger partial charge in [0.15, 0.2) is 6.29 Å². The quantitative estimate of drug-likeness (QED) is 0.752. The molecule has 0 saturated heterocycles. The van der Waals surface area contributed by atoms with Gasteiger partial charge in [0.25, 0.3) is 0 Å². The van der Waals surface area contributed by atoms with Crippen molar-refractivity contribution in [3.05, 3.63) is 59.7 Å². The Morgan fingerprint density at radius 3 is 2.22 bits per heavy atom. The third-order valence-corrected chi connectivity index (χ3v) is 3.08. The highest BCUT2D eigenvalue weighted by atomic mass is 16.1. The number of benzene rings is 2. The van der Waals surface area contributed by atoms with Gasteiger partial charge in [0.2, 0.25) is 0 Å². The molecule has 0 bridgehead atoms. The third-order valence-electron chi connectivity index (χ3n) is 3.08. The van der Waals surface area contributed by atoms with Gasteiger partial charge in [0.05, 0.1) is 5.69 Å². The van der Waals surface area contributed by atoms with Gasteiger partial charge < -0.3 is 4.90 Å². The molecule has 2 aromatic rings. The largest absolute Gasteiger partial charge is 0.341 e. The van der Waals surface area contributed by atoms with E-state index in [-0.39, 0.29) is 0 Å². The molecule has 92 valence electrons. The fourth-order valence-corrected chi connectivity index (χ4v) is 2.17. The predicted octanol–water partition coefficient (Wildman–Crippen LogP) is 3.97. The molecule has 0 radical (unpaired) electrons. The monoisotopic (exact) mass is 239 g/mol. The van der Waals surface area contributed by atoms with Gasteiger partial charge >= 0.3 is 0 Å². The molecule has 0 saturated carbocycles. The zero-order chi connectivity index (χ0) is 13.0. The van der Waals surface area contributed by atoms with Gasteiger partial charge in [-0.3, -0.25) is 4.79 Å². The Hall–Kier alpha value is -2.09. The van der Waals surface area contributed by atoms with E-state index >= 15 is 0 Å². The molecule has 0 spiro atoms. The molecule has 0 amide bonds. The van der Waals surface area contributed by atoms with Crippen molar-refractivity contribution in [2.24, 2.45) is 0 Å². The van der Waals surface area contributed by atoms with E-state index in [2.05, 4.69) is 30.9 Å². The zero-order valence-corrected chi connectivity index (χ0v) is 10.8. The minimum atomic E-state index is 0.725. The molecular weight excluding hydrogens is 222 g/mol. The Bertz CT molecular complexity index is 548. The summed E-state index contributed by atoms with van der Waals surface area (Å²) in [5, 5.41) is 0. The highest BCUT2D eigenvalue weighted by Gasteiger charge is 2.12. The van der Waals surface area contributed by atoms with Crippen molar-refractivity contribution in [2.45, 2.75) is 13.8 Å². The molecule has 0 aliphatic heterocycles. The lowest BCUT2D eigenvalue weighted by atomic mass is 10.1. The summed E-state index contributed by atoms with van der Waals surface area (Å²) < 4.78 is 0. The van der Waals surface area contributed by atoms with Crippen LogP contribution < -0.4 is 4.90 Å². The molecule has 0 aromatic heterocycles. The van der Waals surface area contributed by atoms with E-state index in [4.69, 9.17) is 0 Å². The third kappa shape index (κ3) is 2.28. The van der Waals surface area contributed by atoms with Crippen LogP contribution in [0.4, 0.5) is 11.4 Å². The molecule has 0 unspecified atom stereocenters. The maximum Gasteiger partial charge on any atom is 0.152 e. The number of nitrogens with zero attached hydrogens (tertiary/aromatic N) is 1. The summed E-state index contributed by atoms with van der Waals surface area (Å²) in [6.45, 7) is 5.01. The van der Waals surface area contributed by atoms with Crippen molar-refractivity contribution in [3.63, 3.8) is 0 Å². The molecule has 2 aromatic carbocycles. The summed E-state index contributed by atoms with van der Waals surface area (Å²) >= 11 is 0. The summed E-state index contributed by atoms with van der Waals surface area (Å²) in [5.41, 5.74) is 4.04. The maximum atomic E-state index is 11.1. The van der Waals surface area contributed by atoms with Crippen LogP contribution in [0, 0.1) is 6.92 Å². The Balaban J connectivity index is 2.52. The van der Waals surface area contributed by atoms with Crippen molar-refractivity contribution >= 4 is 17.7 Å². The molecule has 0 N–H and O–H groups in total. The van der Waals surface area contributed by atoms with Crippen LogP contribution in [0.2, 0.25) is 0 Å². The molecule has 2 nitrogen and oxygen atoms in total. The summed E-state index contributed by atoms with van der Waals surface area (Å²) in [6.07, 6.45) is 0.913. The standard InChI is InChI=1S/C16H17NO/c1-3-17(15-10-6-4-8-13(15)2)16-11-7-5-9-14(16)12-18/h4-12H,3H2,1-2H3. The highest BCUT2D eigenvalue weighted by Crippen LogP contribution is 2.29. The van der Waals surface area contributed by atoms with Gasteiger partial charge in [-0.25, -0.2) is 0 Å². The van der Waals surface area contributed by atoms with E-state index in [9.17, 15) is 4.79 Å². The lowest BCUT2D eigenvalue weighted by molar-refractivity contribution is 0.112. The van der Waals surface area contributed by atoms with E-state index in [1.54, 1.807) is 0 Å². The van der Waals surface area contributed by atoms with E-state index < -0.39 is 0 Å². The Kier molecular flexibility index (Phi) is 3.78. The molecule has 0 fully saturated rings. The van der Waals surface area contributed by atoms with Gasteiger partial charge in [-0.2, -0.15) is 0 Å². The van der Waals surface area contributed by atoms with E-state index in [0.717, 1.165) is 29.8 Å². The van der Waals surface area contributed by atoms with Crippen LogP contribution in [0.5, 0.6) is 0 Å². The Morgan fingerprint density at radius 1 is 1.00 bits per heavy atom. The van der Waals surface area contributed by atoms with Crippen LogP contribution in [0.15, 0.2) is 48.5 Å². The lowest BCUT2D eigenvalue weighted by Crippen LogP contribution is -2.18. The van der Waals surface area contributed by atoms with Crippen LogP contribution in [0.3, 0.4) is 0 Å². The van der Waals surface area contributed by atoms with Crippen LogP contribution in [0.25, 0.3) is 0 Å². The van der Waals surface area contributed by atoms with Crippen LogP contribution in [0.1, 0.15) is 22.8 Å². The minimum absolute atomic E-state index is 0.725. The van der Waals surface area contributed by atoms with Gasteiger partial charge in [-0.15, -0.1) is 0 Å². The summed E-state index contributed by atoms with van der Waals surface area (Å²) in [6, 6.07) is 15.9. The number of para-hydroxylation sites is 2. The van der Waals surface area contributed by atoms with Crippen molar-refractivity contribution < 1.29 is 4.79 Å². The first-order valence-corrected chi connectivity index (χ1v) is 6.15. The lowest BCUT2D eigenvalue weighted by Gasteiger charge is -2.26. The number of aryl methyl sites for hydroxylation is 1. The van der Waals surface area contributed by atoms with Crippen molar-refractivity contribution in [1.82, 2.24) is 0 Å². The fraction of sp³-hybridized carbons (Fsp3) is 0.188. The second-order valence-corrected chi connectivity index (χ2v) is 4.21. The topological polar surface area (TPSA) is 20.3 Å². The minimum Gasteiger partial charge on any atom is -0.341 e. The number of aldehydes is 1. The fourth-order valence-electron chi connectivity index (χ4n) is 2.17. The number of hydrogen-bond acceptors (Lipinski definition) is 2. The molecule has 2 rings (SSSR count). The van der Waals surface area contributed by atoms with Crippen LogP contribution in [-0.4, -0.2) is 12.8 Å². The number of carbonyl (C=O) groups excluding carboxylic acids is 1. The van der Waals surface area contributed by atoms with E-state index in [1.807, 2.05) is 36.4 Å². The first-order valence-electron chi connectivity index (χ1n) is 6.15. The summed E-state index contributed by atoms with van der Waals surface area (Å²) in [7, 11) is 0. The molecule has 0 aliphatic carbocycles. The Morgan fingerprint density at radius 2 is 1.61 bits per heavy atom. The normalized spacial score (nSPS) is 10.1. The van der Waals surface area contributed by atoms with Crippen LogP contribution >= 0.6 is 0 Å². The van der Waals surface area contributed by atoms with Gasteiger partial charge in [-0.05, 0) is 37.6 Å². The summed E-state index contributed by atoms with van der Waals surface area (Å²) in [5.74, 6) is 0. The second-order valence-electron chi connectivity index (χ2n) is 4.21. The summed E-state index contributed by atoms with van der Waals surface area (Å²) in [4.78, 5) is 13.3. The van der Waals surface area contributed by atoms with Gasteiger partial charge in [-0.1, -0.05) is 30.3 Å². The SMILES string of the molecule is CCN(c1ccccc1C)c1ccccc1C=O. The number of anilines is 2. The van der Waals surface area contributed by atoms with Crippen molar-refractivity contribution in [3.8, 4) is 0 Å². The molecule has 0 aliphatic rings. The van der Waals surface area contributed by atoms with Gasteiger partial charge in [0, 0.05) is 17.8 Å². The first-order chi connectivity index (χ1) is 8.77. The number of carbonyl (C=O) groups is 1. The van der Waals surface area contributed by atoms with E-state index in [0.29, 0.717) is 0 Å². The van der Waals surface area contributed by atoms with Gasteiger partial charge in [0.1, 0.15) is 0 Å².